The van der Waals surface area contributed by atoms with Gasteiger partial charge in [0.1, 0.15) is 13.2 Å². The average molecular weight is 728 g/mol. The van der Waals surface area contributed by atoms with Crippen LogP contribution in [0.5, 0.6) is 0 Å². The second kappa shape index (κ2) is 33.5. The first kappa shape index (κ1) is 48.7. The lowest BCUT2D eigenvalue weighted by atomic mass is 10.0. The molecule has 0 rings (SSSR count). The summed E-state index contributed by atoms with van der Waals surface area (Å²) in [5.74, 6) is -0.280. The Bertz CT molecular complexity index is 917. The Hall–Kier alpha value is -1.28. The molecule has 0 aromatic heterocycles. The van der Waals surface area contributed by atoms with Gasteiger partial charge in [-0.05, 0) is 38.5 Å². The number of hydrogen-bond acceptors (Lipinski definition) is 5. The average Bonchev–Trinajstić information content (AvgIpc) is 3.06. The van der Waals surface area contributed by atoms with Crippen LogP contribution in [0.2, 0.25) is 0 Å². The number of unbranched alkanes of at least 4 members (excludes halogenated alkanes) is 20. The van der Waals surface area contributed by atoms with E-state index in [2.05, 4.69) is 36.5 Å². The highest BCUT2D eigenvalue weighted by Gasteiger charge is 2.27. The topological polar surface area (TPSA) is 105 Å². The standard InChI is InChI=1S/C41H79N2O6P/c1-6-8-9-10-11-12-13-14-15-16-17-18-19-20-21-22-23-24-25-26-27-28-29-30-31-32-33-34-35-40(44)39(42-41(45)7-2)38-49-50(46,47)48-37-36-43(3,4)5/h26-27,30-31,34-35,39-40,44H,6-25,28-29,32-33,36-38H2,1-5H3,(H-,42,45,46,47)/p+1/b27-26+,31-30+,35-34+. The van der Waals surface area contributed by atoms with Gasteiger partial charge in [0.15, 0.2) is 0 Å². The molecule has 0 aliphatic rings. The van der Waals surface area contributed by atoms with Crippen LogP contribution in [-0.2, 0) is 18.4 Å². The van der Waals surface area contributed by atoms with E-state index in [1.54, 1.807) is 13.0 Å². The molecular weight excluding hydrogens is 647 g/mol. The minimum absolute atomic E-state index is 0.0508. The molecule has 0 fully saturated rings. The molecule has 0 bridgehead atoms. The monoisotopic (exact) mass is 728 g/mol. The van der Waals surface area contributed by atoms with Gasteiger partial charge in [-0.25, -0.2) is 4.57 Å². The third kappa shape index (κ3) is 35.1. The van der Waals surface area contributed by atoms with Gasteiger partial charge in [0.25, 0.3) is 0 Å². The smallest absolute Gasteiger partial charge is 0.387 e. The second-order valence-corrected chi connectivity index (χ2v) is 16.4. The Kier molecular flexibility index (Phi) is 32.7. The molecule has 0 aromatic carbocycles. The summed E-state index contributed by atoms with van der Waals surface area (Å²) in [5.41, 5.74) is 0. The zero-order valence-corrected chi connectivity index (χ0v) is 34.0. The van der Waals surface area contributed by atoms with Gasteiger partial charge in [0.2, 0.25) is 5.91 Å². The third-order valence-electron chi connectivity index (χ3n) is 8.90. The van der Waals surface area contributed by atoms with E-state index in [0.29, 0.717) is 11.0 Å². The maximum absolute atomic E-state index is 12.3. The predicted octanol–water partition coefficient (Wildman–Crippen LogP) is 10.7. The van der Waals surface area contributed by atoms with E-state index < -0.39 is 20.0 Å². The van der Waals surface area contributed by atoms with Crippen LogP contribution < -0.4 is 5.32 Å². The molecule has 0 aliphatic carbocycles. The maximum Gasteiger partial charge on any atom is 0.472 e. The van der Waals surface area contributed by atoms with E-state index >= 15 is 0 Å². The molecule has 0 spiro atoms. The molecule has 0 saturated carbocycles. The number of carbonyl (C=O) groups excluding carboxylic acids is 1. The van der Waals surface area contributed by atoms with Crippen molar-refractivity contribution in [2.45, 2.75) is 180 Å². The summed E-state index contributed by atoms with van der Waals surface area (Å²) in [6, 6.07) is -0.863. The fraction of sp³-hybridized carbons (Fsp3) is 0.829. The summed E-state index contributed by atoms with van der Waals surface area (Å²) in [4.78, 5) is 22.0. The minimum atomic E-state index is -4.31. The molecule has 0 heterocycles. The van der Waals surface area contributed by atoms with Crippen molar-refractivity contribution in [1.29, 1.82) is 0 Å². The first-order chi connectivity index (χ1) is 24.0. The number of amides is 1. The summed E-state index contributed by atoms with van der Waals surface area (Å²) in [6.45, 7) is 4.22. The molecule has 1 amide bonds. The number of allylic oxidation sites excluding steroid dienone is 5. The number of phosphoric acid groups is 1. The molecule has 9 heteroatoms. The number of phosphoric ester groups is 1. The van der Waals surface area contributed by atoms with Crippen LogP contribution in [0.15, 0.2) is 36.5 Å². The van der Waals surface area contributed by atoms with Crippen molar-refractivity contribution < 1.29 is 32.9 Å². The number of nitrogens with one attached hydrogen (secondary N) is 1. The molecule has 3 atom stereocenters. The molecule has 0 radical (unpaired) electrons. The quantitative estimate of drug-likeness (QED) is 0.0257. The number of likely N-dealkylation sites (N-methyl/N-ethyl adjacent to an activating group) is 1. The van der Waals surface area contributed by atoms with Crippen molar-refractivity contribution in [2.24, 2.45) is 0 Å². The van der Waals surface area contributed by atoms with Crippen LogP contribution in [0.25, 0.3) is 0 Å². The van der Waals surface area contributed by atoms with Crippen LogP contribution in [-0.4, -0.2) is 73.4 Å². The maximum atomic E-state index is 12.3. The number of carbonyl (C=O) groups is 1. The van der Waals surface area contributed by atoms with Crippen molar-refractivity contribution in [2.75, 3.05) is 40.9 Å². The van der Waals surface area contributed by atoms with Crippen LogP contribution >= 0.6 is 7.82 Å². The number of aliphatic hydroxyl groups is 1. The minimum Gasteiger partial charge on any atom is -0.387 e. The summed E-state index contributed by atoms with van der Waals surface area (Å²) < 4.78 is 23.0. The van der Waals surface area contributed by atoms with Gasteiger partial charge in [0.05, 0.1) is 39.9 Å². The number of hydrogen-bond donors (Lipinski definition) is 3. The highest BCUT2D eigenvalue weighted by molar-refractivity contribution is 7.47. The lowest BCUT2D eigenvalue weighted by Crippen LogP contribution is -2.45. The number of quaternary nitrogens is 1. The fourth-order valence-corrected chi connectivity index (χ4v) is 6.30. The van der Waals surface area contributed by atoms with E-state index in [-0.39, 0.29) is 25.5 Å². The molecule has 0 aromatic rings. The van der Waals surface area contributed by atoms with E-state index in [1.807, 2.05) is 27.2 Å². The highest BCUT2D eigenvalue weighted by atomic mass is 31.2. The molecular formula is C41H80N2O6P+. The van der Waals surface area contributed by atoms with Crippen LogP contribution in [0.4, 0.5) is 0 Å². The summed E-state index contributed by atoms with van der Waals surface area (Å²) >= 11 is 0. The van der Waals surface area contributed by atoms with E-state index in [1.165, 1.54) is 122 Å². The molecule has 294 valence electrons. The van der Waals surface area contributed by atoms with Crippen molar-refractivity contribution in [3.05, 3.63) is 36.5 Å². The molecule has 8 nitrogen and oxygen atoms in total. The summed E-state index contributed by atoms with van der Waals surface area (Å²) in [5, 5.41) is 13.3. The van der Waals surface area contributed by atoms with Crippen molar-refractivity contribution in [3.63, 3.8) is 0 Å². The first-order valence-corrected chi connectivity index (χ1v) is 21.9. The van der Waals surface area contributed by atoms with Crippen LogP contribution in [0.3, 0.4) is 0 Å². The fourth-order valence-electron chi connectivity index (χ4n) is 5.57. The Morgan fingerprint density at radius 1 is 0.660 bits per heavy atom. The Balaban J connectivity index is 3.85. The van der Waals surface area contributed by atoms with E-state index in [9.17, 15) is 19.4 Å². The van der Waals surface area contributed by atoms with Crippen molar-refractivity contribution in [1.82, 2.24) is 5.32 Å². The zero-order chi connectivity index (χ0) is 37.2. The summed E-state index contributed by atoms with van der Waals surface area (Å²) in [6.07, 6.45) is 41.8. The van der Waals surface area contributed by atoms with E-state index in [4.69, 9.17) is 9.05 Å². The number of aliphatic hydroxyl groups excluding tert-OH is 1. The van der Waals surface area contributed by atoms with Gasteiger partial charge in [0, 0.05) is 6.42 Å². The second-order valence-electron chi connectivity index (χ2n) is 15.0. The third-order valence-corrected chi connectivity index (χ3v) is 9.89. The van der Waals surface area contributed by atoms with Crippen LogP contribution in [0.1, 0.15) is 168 Å². The van der Waals surface area contributed by atoms with Gasteiger partial charge in [-0.15, -0.1) is 0 Å². The van der Waals surface area contributed by atoms with Gasteiger partial charge >= 0.3 is 7.82 Å². The molecule has 50 heavy (non-hydrogen) atoms. The molecule has 3 N–H and O–H groups in total. The normalized spacial score (nSPS) is 14.9. The Morgan fingerprint density at radius 3 is 1.52 bits per heavy atom. The Labute approximate surface area is 308 Å². The van der Waals surface area contributed by atoms with Gasteiger partial charge in [-0.1, -0.05) is 159 Å². The molecule has 0 aliphatic heterocycles. The number of nitrogens with zero attached hydrogens (tertiary/aromatic N) is 1. The summed E-state index contributed by atoms with van der Waals surface area (Å²) in [7, 11) is 1.53. The van der Waals surface area contributed by atoms with Crippen molar-refractivity contribution in [3.8, 4) is 0 Å². The Morgan fingerprint density at radius 2 is 1.08 bits per heavy atom. The first-order valence-electron chi connectivity index (χ1n) is 20.4. The zero-order valence-electron chi connectivity index (χ0n) is 33.1. The largest absolute Gasteiger partial charge is 0.472 e. The van der Waals surface area contributed by atoms with E-state index in [0.717, 1.165) is 25.7 Å². The molecule has 0 saturated heterocycles. The van der Waals surface area contributed by atoms with Crippen molar-refractivity contribution >= 4 is 13.7 Å². The lowest BCUT2D eigenvalue weighted by Gasteiger charge is -2.25. The van der Waals surface area contributed by atoms with Gasteiger partial charge in [-0.3, -0.25) is 13.8 Å². The predicted molar refractivity (Wildman–Crippen MR) is 212 cm³/mol. The molecule has 3 unspecified atom stereocenters. The van der Waals surface area contributed by atoms with Gasteiger partial charge in [-0.2, -0.15) is 0 Å². The lowest BCUT2D eigenvalue weighted by molar-refractivity contribution is -0.870. The highest BCUT2D eigenvalue weighted by Crippen LogP contribution is 2.43. The SMILES string of the molecule is CCCCCCCCCCCCCCCCCCCC/C=C/CC/C=C/CC/C=C/C(O)C(COP(=O)(O)OCC[N+](C)(C)C)NC(=O)CC. The van der Waals surface area contributed by atoms with Crippen LogP contribution in [0, 0.1) is 0 Å². The van der Waals surface area contributed by atoms with Gasteiger partial charge < -0.3 is 19.8 Å². The number of rotatable bonds is 36.